The smallest absolute Gasteiger partial charge is 0.264 e. The van der Waals surface area contributed by atoms with Gasteiger partial charge in [-0.2, -0.15) is 0 Å². The average Bonchev–Trinajstić information content (AvgIpc) is 2.92. The molecule has 0 aliphatic heterocycles. The molecule has 0 aliphatic rings. The van der Waals surface area contributed by atoms with Gasteiger partial charge in [0, 0.05) is 34.2 Å². The lowest BCUT2D eigenvalue weighted by molar-refractivity contribution is -0.140. The van der Waals surface area contributed by atoms with E-state index in [0.717, 1.165) is 4.31 Å². The van der Waals surface area contributed by atoms with E-state index in [0.29, 0.717) is 21.4 Å². The number of ether oxygens (including phenoxy) is 1. The molecule has 0 saturated heterocycles. The molecule has 0 aliphatic carbocycles. The van der Waals surface area contributed by atoms with Crippen LogP contribution in [0.3, 0.4) is 0 Å². The molecule has 0 aromatic heterocycles. The zero-order chi connectivity index (χ0) is 28.7. The minimum Gasteiger partial charge on any atom is -0.497 e. The number of carbonyl (C=O) groups is 2. The van der Waals surface area contributed by atoms with Crippen LogP contribution in [0, 0.1) is 0 Å². The number of carbonyl (C=O) groups excluding carboxylic acids is 2. The maximum Gasteiger partial charge on any atom is 0.264 e. The number of hydrogen-bond acceptors (Lipinski definition) is 5. The molecule has 2 amide bonds. The molecular formula is C27H28Cl3N3O5S. The predicted octanol–water partition coefficient (Wildman–Crippen LogP) is 5.40. The van der Waals surface area contributed by atoms with Crippen molar-refractivity contribution in [2.75, 3.05) is 25.0 Å². The Hall–Kier alpha value is -2.98. The summed E-state index contributed by atoms with van der Waals surface area (Å²) in [7, 11) is -1.32. The molecule has 12 heteroatoms. The number of nitrogens with zero attached hydrogens (tertiary/aromatic N) is 2. The number of anilines is 1. The lowest BCUT2D eigenvalue weighted by Gasteiger charge is -2.33. The van der Waals surface area contributed by atoms with Crippen LogP contribution < -0.4 is 14.4 Å². The van der Waals surface area contributed by atoms with Gasteiger partial charge in [-0.3, -0.25) is 13.9 Å². The van der Waals surface area contributed by atoms with Crippen molar-refractivity contribution in [3.05, 3.63) is 87.4 Å². The number of sulfonamides is 1. The maximum absolute atomic E-state index is 13.9. The summed E-state index contributed by atoms with van der Waals surface area (Å²) in [5, 5.41) is 3.47. The minimum absolute atomic E-state index is 0.0601. The highest BCUT2D eigenvalue weighted by Crippen LogP contribution is 2.30. The zero-order valence-corrected chi connectivity index (χ0v) is 24.6. The highest BCUT2D eigenvalue weighted by Gasteiger charge is 2.34. The second kappa shape index (κ2) is 13.4. The number of methoxy groups -OCH3 is 1. The van der Waals surface area contributed by atoms with Gasteiger partial charge in [-0.1, -0.05) is 53.9 Å². The summed E-state index contributed by atoms with van der Waals surface area (Å²) < 4.78 is 33.8. The summed E-state index contributed by atoms with van der Waals surface area (Å²) in [5.74, 6) is -0.585. The van der Waals surface area contributed by atoms with E-state index < -0.39 is 34.4 Å². The summed E-state index contributed by atoms with van der Waals surface area (Å²) in [6.07, 6.45) is 0.260. The van der Waals surface area contributed by atoms with Gasteiger partial charge < -0.3 is 15.0 Å². The van der Waals surface area contributed by atoms with E-state index in [4.69, 9.17) is 39.5 Å². The first-order valence-corrected chi connectivity index (χ1v) is 14.5. The van der Waals surface area contributed by atoms with E-state index in [1.54, 1.807) is 37.3 Å². The molecule has 1 atom stereocenters. The Bertz CT molecular complexity index is 1410. The maximum atomic E-state index is 13.9. The Kier molecular flexibility index (Phi) is 10.5. The highest BCUT2D eigenvalue weighted by molar-refractivity contribution is 7.92. The third-order valence-corrected chi connectivity index (χ3v) is 8.78. The molecule has 3 aromatic carbocycles. The number of benzene rings is 3. The first kappa shape index (κ1) is 30.6. The zero-order valence-electron chi connectivity index (χ0n) is 21.5. The van der Waals surface area contributed by atoms with Crippen molar-refractivity contribution in [2.45, 2.75) is 30.8 Å². The Labute approximate surface area is 243 Å². The van der Waals surface area contributed by atoms with Crippen LogP contribution in [-0.4, -0.2) is 51.9 Å². The molecule has 1 N–H and O–H groups in total. The quantitative estimate of drug-likeness (QED) is 0.313. The lowest BCUT2D eigenvalue weighted by Crippen LogP contribution is -2.51. The van der Waals surface area contributed by atoms with Crippen molar-refractivity contribution < 1.29 is 22.7 Å². The lowest BCUT2D eigenvalue weighted by atomic mass is 10.1. The third kappa shape index (κ3) is 7.16. The van der Waals surface area contributed by atoms with Gasteiger partial charge in [0.05, 0.1) is 17.7 Å². The molecule has 0 spiro atoms. The van der Waals surface area contributed by atoms with E-state index in [2.05, 4.69) is 5.32 Å². The van der Waals surface area contributed by atoms with E-state index in [-0.39, 0.29) is 28.6 Å². The largest absolute Gasteiger partial charge is 0.497 e. The van der Waals surface area contributed by atoms with Gasteiger partial charge in [0.1, 0.15) is 18.3 Å². The molecule has 0 radical (unpaired) electrons. The molecule has 208 valence electrons. The second-order valence-electron chi connectivity index (χ2n) is 8.43. The monoisotopic (exact) mass is 611 g/mol. The van der Waals surface area contributed by atoms with Gasteiger partial charge in [0.2, 0.25) is 11.8 Å². The number of hydrogen-bond donors (Lipinski definition) is 1. The molecule has 0 heterocycles. The predicted molar refractivity (Wildman–Crippen MR) is 154 cm³/mol. The third-order valence-electron chi connectivity index (χ3n) is 6.04. The van der Waals surface area contributed by atoms with Crippen molar-refractivity contribution in [3.63, 3.8) is 0 Å². The van der Waals surface area contributed by atoms with Gasteiger partial charge in [0.25, 0.3) is 10.0 Å². The van der Waals surface area contributed by atoms with Crippen LogP contribution in [0.15, 0.2) is 71.6 Å². The van der Waals surface area contributed by atoms with Gasteiger partial charge in [0.15, 0.2) is 0 Å². The minimum atomic E-state index is -4.25. The summed E-state index contributed by atoms with van der Waals surface area (Å²) >= 11 is 18.9. The second-order valence-corrected chi connectivity index (χ2v) is 11.5. The number of likely N-dealkylation sites (N-methyl/N-ethyl adjacent to an activating group) is 1. The van der Waals surface area contributed by atoms with Gasteiger partial charge in [-0.05, 0) is 61.0 Å². The average molecular weight is 613 g/mol. The van der Waals surface area contributed by atoms with Crippen molar-refractivity contribution >= 4 is 62.3 Å². The van der Waals surface area contributed by atoms with E-state index >= 15 is 0 Å². The number of amides is 2. The van der Waals surface area contributed by atoms with Crippen LogP contribution >= 0.6 is 34.8 Å². The molecule has 0 fully saturated rings. The summed E-state index contributed by atoms with van der Waals surface area (Å²) in [6.45, 7) is 1.01. The fraction of sp³-hybridized carbons (Fsp3) is 0.259. The van der Waals surface area contributed by atoms with Crippen LogP contribution in [0.1, 0.15) is 18.9 Å². The van der Waals surface area contributed by atoms with Crippen LogP contribution in [0.5, 0.6) is 5.75 Å². The molecule has 8 nitrogen and oxygen atoms in total. The van der Waals surface area contributed by atoms with Crippen LogP contribution in [0.25, 0.3) is 0 Å². The first-order valence-electron chi connectivity index (χ1n) is 11.9. The Balaban J connectivity index is 2.10. The first-order chi connectivity index (χ1) is 18.5. The van der Waals surface area contributed by atoms with E-state index in [9.17, 15) is 18.0 Å². The summed E-state index contributed by atoms with van der Waals surface area (Å²) in [4.78, 5) is 28.0. The number of rotatable bonds is 11. The summed E-state index contributed by atoms with van der Waals surface area (Å²) in [5.41, 5.74) is 0.610. The van der Waals surface area contributed by atoms with E-state index in [1.807, 2.05) is 0 Å². The van der Waals surface area contributed by atoms with Crippen molar-refractivity contribution in [3.8, 4) is 5.75 Å². The van der Waals surface area contributed by atoms with Gasteiger partial charge in [-0.15, -0.1) is 0 Å². The highest BCUT2D eigenvalue weighted by atomic mass is 35.5. The van der Waals surface area contributed by atoms with Gasteiger partial charge >= 0.3 is 0 Å². The summed E-state index contributed by atoms with van der Waals surface area (Å²) in [6, 6.07) is 15.9. The number of halogens is 3. The Morgan fingerprint density at radius 3 is 2.13 bits per heavy atom. The molecule has 0 saturated carbocycles. The fourth-order valence-electron chi connectivity index (χ4n) is 3.97. The molecule has 0 unspecified atom stereocenters. The Morgan fingerprint density at radius 2 is 1.59 bits per heavy atom. The van der Waals surface area contributed by atoms with Crippen LogP contribution in [-0.2, 0) is 26.2 Å². The molecule has 3 rings (SSSR count). The van der Waals surface area contributed by atoms with E-state index in [1.165, 1.54) is 55.5 Å². The fourth-order valence-corrected chi connectivity index (χ4v) is 6.08. The molecule has 39 heavy (non-hydrogen) atoms. The van der Waals surface area contributed by atoms with Crippen LogP contribution in [0.4, 0.5) is 5.69 Å². The van der Waals surface area contributed by atoms with Crippen LogP contribution in [0.2, 0.25) is 15.1 Å². The Morgan fingerprint density at radius 1 is 0.974 bits per heavy atom. The molecule has 3 aromatic rings. The standard InChI is InChI=1S/C27H28Cl3N3O5S/c1-4-25(27(35)31-2)32(16-22-23(29)9-6-10-24(22)30)26(34)17-33(19-8-5-7-18(28)15-19)39(36,37)21-13-11-20(38-3)12-14-21/h5-15,25H,4,16-17H2,1-3H3,(H,31,35)/t25-/m0/s1. The van der Waals surface area contributed by atoms with Crippen molar-refractivity contribution in [1.29, 1.82) is 0 Å². The van der Waals surface area contributed by atoms with Crippen molar-refractivity contribution in [1.82, 2.24) is 10.2 Å². The van der Waals surface area contributed by atoms with Gasteiger partial charge in [-0.25, -0.2) is 8.42 Å². The molecular weight excluding hydrogens is 585 g/mol. The normalized spacial score (nSPS) is 11.9. The van der Waals surface area contributed by atoms with Crippen molar-refractivity contribution in [2.24, 2.45) is 0 Å². The SMILES string of the molecule is CC[C@@H](C(=O)NC)N(Cc1c(Cl)cccc1Cl)C(=O)CN(c1cccc(Cl)c1)S(=O)(=O)c1ccc(OC)cc1. The number of nitrogens with one attached hydrogen (secondary N) is 1. The topological polar surface area (TPSA) is 96.0 Å². The molecule has 0 bridgehead atoms.